The maximum Gasteiger partial charge on any atom is 0.429 e. The molecular formula is C24H23F3N4O. The molecule has 5 nitrogen and oxygen atoms in total. The van der Waals surface area contributed by atoms with Gasteiger partial charge >= 0.3 is 6.18 Å². The minimum Gasteiger partial charge on any atom is -0.337 e. The summed E-state index contributed by atoms with van der Waals surface area (Å²) in [7, 11) is 0. The molecule has 1 heterocycles. The Bertz CT molecular complexity index is 1120. The molecule has 8 heteroatoms. The molecule has 3 rings (SSSR count). The van der Waals surface area contributed by atoms with Crippen LogP contribution in [0.25, 0.3) is 0 Å². The van der Waals surface area contributed by atoms with Crippen LogP contribution >= 0.6 is 0 Å². The third-order valence-electron chi connectivity index (χ3n) is 5.94. The molecule has 1 aliphatic heterocycles. The molecule has 0 aliphatic carbocycles. The standard InChI is InChI=1S/C24H23F3N4O/c1-13-8-14(2)20(9-19(13)21(29)15(3)22(30)24(25,26)27)23(32)31-11-18(12-31)17-6-4-16(10-28)5-7-17/h4-9,15,18,29-30H,11-12H2,1-3H3. The Kier molecular flexibility index (Phi) is 6.22. The van der Waals surface area contributed by atoms with Crippen LogP contribution in [0.5, 0.6) is 0 Å². The first-order valence-corrected chi connectivity index (χ1v) is 10.1. The number of rotatable bonds is 5. The van der Waals surface area contributed by atoms with Gasteiger partial charge in [0.25, 0.3) is 5.91 Å². The van der Waals surface area contributed by atoms with E-state index in [1.807, 2.05) is 12.1 Å². The summed E-state index contributed by atoms with van der Waals surface area (Å²) in [5.41, 5.74) is 1.65. The van der Waals surface area contributed by atoms with E-state index in [1.165, 1.54) is 13.0 Å². The number of alkyl halides is 3. The minimum atomic E-state index is -4.80. The summed E-state index contributed by atoms with van der Waals surface area (Å²) in [5.74, 6) is -1.52. The third kappa shape index (κ3) is 4.42. The monoisotopic (exact) mass is 440 g/mol. The molecule has 1 fully saturated rings. The molecule has 0 radical (unpaired) electrons. The lowest BCUT2D eigenvalue weighted by atomic mass is 9.87. The van der Waals surface area contributed by atoms with Gasteiger partial charge in [-0.3, -0.25) is 10.2 Å². The second-order valence-electron chi connectivity index (χ2n) is 8.17. The molecule has 2 aromatic rings. The lowest BCUT2D eigenvalue weighted by molar-refractivity contribution is -0.0622. The van der Waals surface area contributed by atoms with E-state index >= 15 is 0 Å². The molecule has 2 N–H and O–H groups in total. The van der Waals surface area contributed by atoms with Gasteiger partial charge in [-0.15, -0.1) is 0 Å². The van der Waals surface area contributed by atoms with Gasteiger partial charge in [0.1, 0.15) is 5.71 Å². The third-order valence-corrected chi connectivity index (χ3v) is 5.94. The molecule has 1 atom stereocenters. The Morgan fingerprint density at radius 2 is 1.66 bits per heavy atom. The van der Waals surface area contributed by atoms with Crippen molar-refractivity contribution in [1.82, 2.24) is 4.90 Å². The Balaban J connectivity index is 1.78. The average Bonchev–Trinajstić information content (AvgIpc) is 2.71. The van der Waals surface area contributed by atoms with Crippen LogP contribution in [0.15, 0.2) is 36.4 Å². The Hall–Kier alpha value is -3.47. The van der Waals surface area contributed by atoms with Crippen molar-refractivity contribution in [2.45, 2.75) is 32.9 Å². The van der Waals surface area contributed by atoms with Crippen molar-refractivity contribution in [2.75, 3.05) is 13.1 Å². The summed E-state index contributed by atoms with van der Waals surface area (Å²) in [5, 5.41) is 24.5. The predicted molar refractivity (Wildman–Crippen MR) is 115 cm³/mol. The number of hydrogen-bond donors (Lipinski definition) is 2. The molecule has 0 bridgehead atoms. The van der Waals surface area contributed by atoms with E-state index in [-0.39, 0.29) is 23.1 Å². The number of aryl methyl sites for hydroxylation is 2. The van der Waals surface area contributed by atoms with Gasteiger partial charge in [-0.25, -0.2) is 0 Å². The molecule has 32 heavy (non-hydrogen) atoms. The lowest BCUT2D eigenvalue weighted by Gasteiger charge is -2.40. The van der Waals surface area contributed by atoms with Crippen LogP contribution in [0.3, 0.4) is 0 Å². The van der Waals surface area contributed by atoms with E-state index in [1.54, 1.807) is 36.9 Å². The fourth-order valence-electron chi connectivity index (χ4n) is 3.85. The Morgan fingerprint density at radius 1 is 1.09 bits per heavy atom. The molecule has 1 unspecified atom stereocenters. The molecule has 2 aromatic carbocycles. The summed E-state index contributed by atoms with van der Waals surface area (Å²) in [6, 6.07) is 12.5. The topological polar surface area (TPSA) is 91.8 Å². The van der Waals surface area contributed by atoms with Gasteiger partial charge < -0.3 is 10.3 Å². The number of benzene rings is 2. The van der Waals surface area contributed by atoms with E-state index in [2.05, 4.69) is 6.07 Å². The quantitative estimate of drug-likeness (QED) is 0.641. The molecule has 1 saturated heterocycles. The lowest BCUT2D eigenvalue weighted by Crippen LogP contribution is -2.48. The van der Waals surface area contributed by atoms with Crippen molar-refractivity contribution >= 4 is 17.3 Å². The Labute approximate surface area is 184 Å². The highest BCUT2D eigenvalue weighted by Crippen LogP contribution is 2.31. The van der Waals surface area contributed by atoms with Gasteiger partial charge in [0.05, 0.1) is 11.6 Å². The highest BCUT2D eigenvalue weighted by atomic mass is 19.4. The van der Waals surface area contributed by atoms with Crippen LogP contribution in [0.2, 0.25) is 0 Å². The number of amides is 1. The number of carbonyl (C=O) groups excluding carboxylic acids is 1. The maximum absolute atomic E-state index is 13.1. The fraction of sp³-hybridized carbons (Fsp3) is 0.333. The second-order valence-corrected chi connectivity index (χ2v) is 8.17. The van der Waals surface area contributed by atoms with Gasteiger partial charge in [0, 0.05) is 36.2 Å². The normalized spacial score (nSPS) is 15.0. The SMILES string of the molecule is Cc1cc(C)c(C(=O)N2CC(c3ccc(C#N)cc3)C2)cc1C(=N)C(C)C(=N)C(F)(F)F. The zero-order valence-electron chi connectivity index (χ0n) is 18.0. The predicted octanol–water partition coefficient (Wildman–Crippen LogP) is 5.00. The number of nitrogens with zero attached hydrogens (tertiary/aromatic N) is 2. The number of halogens is 3. The van der Waals surface area contributed by atoms with Crippen LogP contribution in [0.1, 0.15) is 51.0 Å². The van der Waals surface area contributed by atoms with Gasteiger partial charge in [0.15, 0.2) is 0 Å². The van der Waals surface area contributed by atoms with E-state index in [4.69, 9.17) is 16.1 Å². The molecule has 0 aromatic heterocycles. The van der Waals surface area contributed by atoms with Gasteiger partial charge in [0.2, 0.25) is 0 Å². The summed E-state index contributed by atoms with van der Waals surface area (Å²) in [6.45, 7) is 5.61. The first-order valence-electron chi connectivity index (χ1n) is 10.1. The summed E-state index contributed by atoms with van der Waals surface area (Å²) in [4.78, 5) is 14.7. The van der Waals surface area contributed by atoms with E-state index in [9.17, 15) is 18.0 Å². The molecule has 1 amide bonds. The summed E-state index contributed by atoms with van der Waals surface area (Å²) < 4.78 is 38.8. The van der Waals surface area contributed by atoms with Crippen molar-refractivity contribution in [2.24, 2.45) is 5.92 Å². The van der Waals surface area contributed by atoms with Crippen molar-refractivity contribution in [3.8, 4) is 6.07 Å². The number of hydrogen-bond acceptors (Lipinski definition) is 4. The Morgan fingerprint density at radius 3 is 2.19 bits per heavy atom. The zero-order valence-corrected chi connectivity index (χ0v) is 18.0. The highest BCUT2D eigenvalue weighted by molar-refractivity contribution is 6.15. The first-order chi connectivity index (χ1) is 14.9. The molecule has 0 spiro atoms. The average molecular weight is 440 g/mol. The molecule has 1 aliphatic rings. The zero-order chi connectivity index (χ0) is 23.8. The van der Waals surface area contributed by atoms with Gasteiger partial charge in [-0.05, 0) is 54.3 Å². The van der Waals surface area contributed by atoms with Gasteiger partial charge in [-0.1, -0.05) is 25.1 Å². The van der Waals surface area contributed by atoms with Crippen LogP contribution < -0.4 is 0 Å². The van der Waals surface area contributed by atoms with E-state index in [0.717, 1.165) is 5.56 Å². The summed E-state index contributed by atoms with van der Waals surface area (Å²) >= 11 is 0. The maximum atomic E-state index is 13.1. The largest absolute Gasteiger partial charge is 0.429 e. The highest BCUT2D eigenvalue weighted by Gasteiger charge is 2.39. The van der Waals surface area contributed by atoms with Crippen LogP contribution in [-0.4, -0.2) is 41.5 Å². The molecular weight excluding hydrogens is 417 g/mol. The van der Waals surface area contributed by atoms with Crippen molar-refractivity contribution < 1.29 is 18.0 Å². The number of nitriles is 1. The number of nitrogens with one attached hydrogen (secondary N) is 2. The molecule has 166 valence electrons. The van der Waals surface area contributed by atoms with Crippen molar-refractivity contribution in [1.29, 1.82) is 16.1 Å². The number of likely N-dealkylation sites (tertiary alicyclic amines) is 1. The van der Waals surface area contributed by atoms with Crippen LogP contribution in [0.4, 0.5) is 13.2 Å². The smallest absolute Gasteiger partial charge is 0.337 e. The van der Waals surface area contributed by atoms with Crippen molar-refractivity contribution in [3.63, 3.8) is 0 Å². The molecule has 0 saturated carbocycles. The fourth-order valence-corrected chi connectivity index (χ4v) is 3.85. The van der Waals surface area contributed by atoms with Gasteiger partial charge in [-0.2, -0.15) is 18.4 Å². The van der Waals surface area contributed by atoms with Crippen LogP contribution in [-0.2, 0) is 0 Å². The van der Waals surface area contributed by atoms with Crippen molar-refractivity contribution in [3.05, 3.63) is 69.8 Å². The second kappa shape index (κ2) is 8.58. The van der Waals surface area contributed by atoms with E-state index in [0.29, 0.717) is 35.3 Å². The van der Waals surface area contributed by atoms with Crippen LogP contribution in [0, 0.1) is 41.9 Å². The summed E-state index contributed by atoms with van der Waals surface area (Å²) in [6.07, 6.45) is -4.80. The number of carbonyl (C=O) groups is 1. The minimum absolute atomic E-state index is 0.155. The van der Waals surface area contributed by atoms with E-state index < -0.39 is 17.8 Å². The first kappa shape index (κ1) is 23.2.